The van der Waals surface area contributed by atoms with Gasteiger partial charge in [0.25, 0.3) is 0 Å². The molecule has 21 heavy (non-hydrogen) atoms. The Morgan fingerprint density at radius 3 is 2.38 bits per heavy atom. The van der Waals surface area contributed by atoms with E-state index in [1.807, 2.05) is 16.8 Å². The van der Waals surface area contributed by atoms with Crippen LogP contribution in [0.25, 0.3) is 0 Å². The first-order valence-electron chi connectivity index (χ1n) is 7.37. The minimum Gasteiger partial charge on any atom is -0.326 e. The lowest BCUT2D eigenvalue weighted by molar-refractivity contribution is -0.114. The lowest BCUT2D eigenvalue weighted by Crippen LogP contribution is -2.20. The van der Waals surface area contributed by atoms with Gasteiger partial charge in [-0.2, -0.15) is 5.10 Å². The zero-order valence-corrected chi connectivity index (χ0v) is 12.8. The Hall–Kier alpha value is -2.17. The molecule has 1 atom stereocenters. The van der Waals surface area contributed by atoms with Crippen LogP contribution in [-0.2, 0) is 4.79 Å². The van der Waals surface area contributed by atoms with E-state index in [1.165, 1.54) is 12.5 Å². The number of carbonyl (C=O) groups is 1. The van der Waals surface area contributed by atoms with Gasteiger partial charge in [0, 0.05) is 12.6 Å². The maximum atomic E-state index is 11.1. The lowest BCUT2D eigenvalue weighted by Gasteiger charge is -2.26. The van der Waals surface area contributed by atoms with Crippen molar-refractivity contribution in [1.82, 2.24) is 14.8 Å². The lowest BCUT2D eigenvalue weighted by atomic mass is 9.89. The largest absolute Gasteiger partial charge is 0.326 e. The van der Waals surface area contributed by atoms with E-state index < -0.39 is 0 Å². The van der Waals surface area contributed by atoms with Crippen molar-refractivity contribution in [2.75, 3.05) is 5.32 Å². The molecule has 1 N–H and O–H groups in total. The summed E-state index contributed by atoms with van der Waals surface area (Å²) in [6.45, 7) is 5.91. The third-order valence-electron chi connectivity index (χ3n) is 3.79. The van der Waals surface area contributed by atoms with Crippen LogP contribution in [0.1, 0.15) is 45.2 Å². The van der Waals surface area contributed by atoms with Crippen LogP contribution in [0.15, 0.2) is 36.9 Å². The van der Waals surface area contributed by atoms with Gasteiger partial charge in [-0.1, -0.05) is 38.8 Å². The molecule has 2 aromatic rings. The highest BCUT2D eigenvalue weighted by Gasteiger charge is 2.22. The maximum Gasteiger partial charge on any atom is 0.221 e. The van der Waals surface area contributed by atoms with Crippen molar-refractivity contribution in [2.45, 2.75) is 39.7 Å². The van der Waals surface area contributed by atoms with E-state index in [2.05, 4.69) is 41.4 Å². The number of hydrogen-bond donors (Lipinski definition) is 1. The summed E-state index contributed by atoms with van der Waals surface area (Å²) in [4.78, 5) is 15.2. The molecule has 5 nitrogen and oxygen atoms in total. The third-order valence-corrected chi connectivity index (χ3v) is 3.79. The number of nitrogens with zero attached hydrogens (tertiary/aromatic N) is 3. The molecule has 0 spiro atoms. The van der Waals surface area contributed by atoms with Crippen molar-refractivity contribution in [1.29, 1.82) is 0 Å². The van der Waals surface area contributed by atoms with Gasteiger partial charge in [-0.15, -0.1) is 0 Å². The van der Waals surface area contributed by atoms with E-state index >= 15 is 0 Å². The van der Waals surface area contributed by atoms with Gasteiger partial charge in [0.1, 0.15) is 12.7 Å². The second kappa shape index (κ2) is 7.02. The van der Waals surface area contributed by atoms with Crippen LogP contribution in [-0.4, -0.2) is 20.7 Å². The molecule has 112 valence electrons. The molecule has 1 aromatic carbocycles. The number of amides is 1. The summed E-state index contributed by atoms with van der Waals surface area (Å²) in [7, 11) is 0. The summed E-state index contributed by atoms with van der Waals surface area (Å²) in [6, 6.07) is 8.15. The molecule has 0 bridgehead atoms. The molecule has 0 aliphatic rings. The first-order chi connectivity index (χ1) is 10.2. The Morgan fingerprint density at radius 2 is 1.90 bits per heavy atom. The molecule has 1 unspecified atom stereocenters. The van der Waals surface area contributed by atoms with Gasteiger partial charge in [0.15, 0.2) is 0 Å². The summed E-state index contributed by atoms with van der Waals surface area (Å²) in [5.74, 6) is 0.439. The van der Waals surface area contributed by atoms with Crippen LogP contribution < -0.4 is 5.32 Å². The van der Waals surface area contributed by atoms with E-state index in [0.29, 0.717) is 5.92 Å². The fraction of sp³-hybridized carbons (Fsp3) is 0.438. The molecule has 0 fully saturated rings. The van der Waals surface area contributed by atoms with Crippen molar-refractivity contribution in [3.05, 3.63) is 42.5 Å². The molecular formula is C16H22N4O. The summed E-state index contributed by atoms with van der Waals surface area (Å²) < 4.78 is 1.92. The Labute approximate surface area is 125 Å². The van der Waals surface area contributed by atoms with Crippen LogP contribution in [0, 0.1) is 5.92 Å². The van der Waals surface area contributed by atoms with Gasteiger partial charge in [-0.3, -0.25) is 4.79 Å². The molecule has 0 saturated heterocycles. The van der Waals surface area contributed by atoms with Crippen molar-refractivity contribution in [2.24, 2.45) is 5.92 Å². The number of nitrogens with one attached hydrogen (secondary N) is 1. The van der Waals surface area contributed by atoms with E-state index in [9.17, 15) is 4.79 Å². The number of anilines is 1. The molecule has 1 aromatic heterocycles. The SMILES string of the molecule is CCC(CC)C(c1ccc(NC(C)=O)cc1)n1cncn1. The predicted octanol–water partition coefficient (Wildman–Crippen LogP) is 3.26. The summed E-state index contributed by atoms with van der Waals surface area (Å²) in [6.07, 6.45) is 5.49. The topological polar surface area (TPSA) is 59.8 Å². The number of aromatic nitrogens is 3. The first-order valence-corrected chi connectivity index (χ1v) is 7.37. The van der Waals surface area contributed by atoms with Crippen LogP contribution in [0.3, 0.4) is 0 Å². The minimum atomic E-state index is -0.0597. The zero-order chi connectivity index (χ0) is 15.2. The second-order valence-corrected chi connectivity index (χ2v) is 5.20. The molecule has 5 heteroatoms. The van der Waals surface area contributed by atoms with Gasteiger partial charge in [0.2, 0.25) is 5.91 Å². The van der Waals surface area contributed by atoms with Crippen LogP contribution >= 0.6 is 0 Å². The molecule has 0 radical (unpaired) electrons. The highest BCUT2D eigenvalue weighted by Crippen LogP contribution is 2.31. The molecule has 0 saturated carbocycles. The van der Waals surface area contributed by atoms with Gasteiger partial charge < -0.3 is 5.32 Å². The van der Waals surface area contributed by atoms with E-state index in [4.69, 9.17) is 0 Å². The van der Waals surface area contributed by atoms with E-state index in [0.717, 1.165) is 18.5 Å². The highest BCUT2D eigenvalue weighted by atomic mass is 16.1. The van der Waals surface area contributed by atoms with E-state index in [1.54, 1.807) is 12.7 Å². The molecular weight excluding hydrogens is 264 g/mol. The van der Waals surface area contributed by atoms with Gasteiger partial charge >= 0.3 is 0 Å². The number of hydrogen-bond acceptors (Lipinski definition) is 3. The average Bonchev–Trinajstić information content (AvgIpc) is 2.99. The smallest absolute Gasteiger partial charge is 0.221 e. The van der Waals surface area contributed by atoms with Crippen LogP contribution in [0.5, 0.6) is 0 Å². The fourth-order valence-electron chi connectivity index (χ4n) is 2.70. The number of carbonyl (C=O) groups excluding carboxylic acids is 1. The Balaban J connectivity index is 2.30. The molecule has 1 amide bonds. The van der Waals surface area contributed by atoms with Crippen molar-refractivity contribution >= 4 is 11.6 Å². The van der Waals surface area contributed by atoms with Crippen molar-refractivity contribution < 1.29 is 4.79 Å². The van der Waals surface area contributed by atoms with Gasteiger partial charge in [-0.05, 0) is 23.6 Å². The Kier molecular flexibility index (Phi) is 5.09. The van der Waals surface area contributed by atoms with Crippen LogP contribution in [0.2, 0.25) is 0 Å². The quantitative estimate of drug-likeness (QED) is 0.886. The number of benzene rings is 1. The van der Waals surface area contributed by atoms with Gasteiger partial charge in [0.05, 0.1) is 6.04 Å². The molecule has 2 rings (SSSR count). The predicted molar refractivity (Wildman–Crippen MR) is 83.0 cm³/mol. The first kappa shape index (κ1) is 15.2. The van der Waals surface area contributed by atoms with Crippen molar-refractivity contribution in [3.63, 3.8) is 0 Å². The number of rotatable bonds is 6. The molecule has 0 aliphatic heterocycles. The minimum absolute atomic E-state index is 0.0597. The fourth-order valence-corrected chi connectivity index (χ4v) is 2.70. The van der Waals surface area contributed by atoms with Gasteiger partial charge in [-0.25, -0.2) is 9.67 Å². The maximum absolute atomic E-state index is 11.1. The summed E-state index contributed by atoms with van der Waals surface area (Å²) in [5, 5.41) is 7.11. The molecule has 1 heterocycles. The second-order valence-electron chi connectivity index (χ2n) is 5.20. The molecule has 0 aliphatic carbocycles. The third kappa shape index (κ3) is 3.68. The highest BCUT2D eigenvalue weighted by molar-refractivity contribution is 5.88. The Morgan fingerprint density at radius 1 is 1.24 bits per heavy atom. The zero-order valence-electron chi connectivity index (χ0n) is 12.8. The van der Waals surface area contributed by atoms with Crippen molar-refractivity contribution in [3.8, 4) is 0 Å². The summed E-state index contributed by atoms with van der Waals surface area (Å²) in [5.41, 5.74) is 2.00. The monoisotopic (exact) mass is 286 g/mol. The standard InChI is InChI=1S/C16H22N4O/c1-4-13(5-2)16(20-11-17-10-18-20)14-6-8-15(9-7-14)19-12(3)21/h6-11,13,16H,4-5H2,1-3H3,(H,19,21). The normalized spacial score (nSPS) is 12.4. The van der Waals surface area contributed by atoms with Crippen LogP contribution in [0.4, 0.5) is 5.69 Å². The Bertz CT molecular complexity index is 558. The van der Waals surface area contributed by atoms with E-state index in [-0.39, 0.29) is 11.9 Å². The average molecular weight is 286 g/mol. The summed E-state index contributed by atoms with van der Waals surface area (Å²) >= 11 is 0.